The molecule has 2 N–H and O–H groups in total. The van der Waals surface area contributed by atoms with E-state index in [4.69, 9.17) is 5.26 Å². The molecule has 1 aromatic heterocycles. The second kappa shape index (κ2) is 6.78. The van der Waals surface area contributed by atoms with Crippen LogP contribution in [0.15, 0.2) is 47.4 Å². The molecule has 0 radical (unpaired) electrons. The topological polar surface area (TPSA) is 108 Å². The Morgan fingerprint density at radius 2 is 1.81 bits per heavy atom. The van der Waals surface area contributed by atoms with Crippen LogP contribution in [0.25, 0.3) is 0 Å². The van der Waals surface area contributed by atoms with Gasteiger partial charge in [-0.1, -0.05) is 18.2 Å². The van der Waals surface area contributed by atoms with Gasteiger partial charge in [-0.05, 0) is 24.3 Å². The van der Waals surface area contributed by atoms with Crippen LogP contribution in [0.4, 0.5) is 5.82 Å². The number of aromatic nitrogens is 2. The third-order valence-corrected chi connectivity index (χ3v) is 4.03. The zero-order chi connectivity index (χ0) is 15.1. The van der Waals surface area contributed by atoms with Crippen LogP contribution < -0.4 is 10.0 Å². The normalized spacial score (nSPS) is 10.8. The van der Waals surface area contributed by atoms with Gasteiger partial charge in [-0.2, -0.15) is 5.26 Å². The molecule has 108 valence electrons. The van der Waals surface area contributed by atoms with E-state index in [2.05, 4.69) is 20.2 Å². The fourth-order valence-electron chi connectivity index (χ4n) is 1.55. The summed E-state index contributed by atoms with van der Waals surface area (Å²) in [4.78, 5) is 0.225. The first kappa shape index (κ1) is 14.9. The molecule has 2 rings (SSSR count). The molecule has 0 atom stereocenters. The molecule has 1 aromatic carbocycles. The van der Waals surface area contributed by atoms with Crippen molar-refractivity contribution in [1.29, 1.82) is 5.26 Å². The average molecular weight is 303 g/mol. The molecule has 21 heavy (non-hydrogen) atoms. The number of rotatable bonds is 6. The highest BCUT2D eigenvalue weighted by Crippen LogP contribution is 2.06. The van der Waals surface area contributed by atoms with E-state index in [-0.39, 0.29) is 17.1 Å². The predicted octanol–water partition coefficient (Wildman–Crippen LogP) is 0.739. The van der Waals surface area contributed by atoms with Gasteiger partial charge in [-0.25, -0.2) is 13.1 Å². The quantitative estimate of drug-likeness (QED) is 0.762. The summed E-state index contributed by atoms with van der Waals surface area (Å²) in [7, 11) is -3.49. The predicted molar refractivity (Wildman–Crippen MR) is 76.9 cm³/mol. The zero-order valence-corrected chi connectivity index (χ0v) is 11.8. The molecule has 1 heterocycles. The van der Waals surface area contributed by atoms with E-state index in [1.165, 1.54) is 18.2 Å². The van der Waals surface area contributed by atoms with Gasteiger partial charge in [-0.15, -0.1) is 10.2 Å². The van der Waals surface area contributed by atoms with Crippen LogP contribution in [0, 0.1) is 11.3 Å². The van der Waals surface area contributed by atoms with Crippen molar-refractivity contribution in [2.24, 2.45) is 0 Å². The first-order valence-corrected chi connectivity index (χ1v) is 7.62. The Bertz CT molecular complexity index is 723. The average Bonchev–Trinajstić information content (AvgIpc) is 2.53. The molecule has 0 bridgehead atoms. The molecule has 0 unspecified atom stereocenters. The summed E-state index contributed by atoms with van der Waals surface area (Å²) in [5.74, 6) is 0.480. The highest BCUT2D eigenvalue weighted by molar-refractivity contribution is 7.89. The van der Waals surface area contributed by atoms with Crippen molar-refractivity contribution in [2.45, 2.75) is 4.90 Å². The fraction of sp³-hybridized carbons (Fsp3) is 0.154. The molecule has 0 aliphatic heterocycles. The lowest BCUT2D eigenvalue weighted by Crippen LogP contribution is -2.29. The molecule has 0 saturated heterocycles. The Labute approximate surface area is 122 Å². The lowest BCUT2D eigenvalue weighted by Gasteiger charge is -2.07. The van der Waals surface area contributed by atoms with Gasteiger partial charge >= 0.3 is 0 Å². The summed E-state index contributed by atoms with van der Waals surface area (Å²) < 4.78 is 26.3. The molecule has 0 fully saturated rings. The van der Waals surface area contributed by atoms with E-state index in [9.17, 15) is 8.42 Å². The third kappa shape index (κ3) is 4.24. The Kier molecular flexibility index (Phi) is 4.81. The van der Waals surface area contributed by atoms with Crippen molar-refractivity contribution in [2.75, 3.05) is 18.4 Å². The summed E-state index contributed by atoms with van der Waals surface area (Å²) in [5, 5.41) is 18.9. The molecule has 0 saturated carbocycles. The first-order chi connectivity index (χ1) is 10.1. The summed E-state index contributed by atoms with van der Waals surface area (Å²) in [6.07, 6.45) is 0. The van der Waals surface area contributed by atoms with E-state index in [1.54, 1.807) is 24.3 Å². The van der Waals surface area contributed by atoms with Crippen LogP contribution in [0.5, 0.6) is 0 Å². The highest BCUT2D eigenvalue weighted by atomic mass is 32.2. The van der Waals surface area contributed by atoms with Gasteiger partial charge in [-0.3, -0.25) is 0 Å². The SMILES string of the molecule is N#Cc1ccc(NCCNS(=O)(=O)c2ccccc2)nn1. The fourth-order valence-corrected chi connectivity index (χ4v) is 2.60. The van der Waals surface area contributed by atoms with E-state index in [1.807, 2.05) is 6.07 Å². The summed E-state index contributed by atoms with van der Waals surface area (Å²) in [6.45, 7) is 0.561. The lowest BCUT2D eigenvalue weighted by atomic mass is 10.4. The van der Waals surface area contributed by atoms with Crippen molar-refractivity contribution >= 4 is 15.8 Å². The molecule has 7 nitrogen and oxygen atoms in total. The van der Waals surface area contributed by atoms with Gasteiger partial charge in [0.1, 0.15) is 11.9 Å². The van der Waals surface area contributed by atoms with Crippen LogP contribution in [0.3, 0.4) is 0 Å². The third-order valence-electron chi connectivity index (χ3n) is 2.56. The van der Waals surface area contributed by atoms with E-state index >= 15 is 0 Å². The Morgan fingerprint density at radius 1 is 1.05 bits per heavy atom. The molecular weight excluding hydrogens is 290 g/mol. The van der Waals surface area contributed by atoms with Gasteiger partial charge in [0, 0.05) is 13.1 Å². The van der Waals surface area contributed by atoms with Crippen LogP contribution in [0.1, 0.15) is 5.69 Å². The van der Waals surface area contributed by atoms with Crippen molar-refractivity contribution < 1.29 is 8.42 Å². The van der Waals surface area contributed by atoms with Crippen molar-refractivity contribution in [3.63, 3.8) is 0 Å². The van der Waals surface area contributed by atoms with Crippen molar-refractivity contribution in [1.82, 2.24) is 14.9 Å². The second-order valence-corrected chi connectivity index (χ2v) is 5.82. The standard InChI is InChI=1S/C13H13N5O2S/c14-10-11-6-7-13(18-17-11)15-8-9-16-21(19,20)12-4-2-1-3-5-12/h1-7,16H,8-9H2,(H,15,18). The van der Waals surface area contributed by atoms with Gasteiger partial charge in [0.15, 0.2) is 5.69 Å². The van der Waals surface area contributed by atoms with Gasteiger partial charge in [0.25, 0.3) is 0 Å². The number of nitrogens with one attached hydrogen (secondary N) is 2. The number of hydrogen-bond donors (Lipinski definition) is 2. The van der Waals surface area contributed by atoms with E-state index in [0.29, 0.717) is 12.4 Å². The van der Waals surface area contributed by atoms with Gasteiger partial charge in [0.05, 0.1) is 4.90 Å². The number of hydrogen-bond acceptors (Lipinski definition) is 6. The molecule has 0 aliphatic rings. The van der Waals surface area contributed by atoms with Crippen LogP contribution in [-0.4, -0.2) is 31.7 Å². The van der Waals surface area contributed by atoms with Gasteiger partial charge in [0.2, 0.25) is 10.0 Å². The minimum Gasteiger partial charge on any atom is -0.367 e. The lowest BCUT2D eigenvalue weighted by molar-refractivity contribution is 0.583. The summed E-state index contributed by atoms with van der Waals surface area (Å²) in [5.41, 5.74) is 0.227. The zero-order valence-electron chi connectivity index (χ0n) is 11.0. The molecular formula is C13H13N5O2S. The number of benzene rings is 1. The number of sulfonamides is 1. The Morgan fingerprint density at radius 3 is 2.43 bits per heavy atom. The number of nitrogens with zero attached hydrogens (tertiary/aromatic N) is 3. The van der Waals surface area contributed by atoms with Gasteiger partial charge < -0.3 is 5.32 Å². The maximum atomic E-state index is 11.9. The second-order valence-electron chi connectivity index (χ2n) is 4.05. The molecule has 0 aliphatic carbocycles. The van der Waals surface area contributed by atoms with Crippen LogP contribution >= 0.6 is 0 Å². The first-order valence-electron chi connectivity index (χ1n) is 6.14. The van der Waals surface area contributed by atoms with E-state index < -0.39 is 10.0 Å². The Hall–Kier alpha value is -2.50. The molecule has 0 spiro atoms. The largest absolute Gasteiger partial charge is 0.367 e. The van der Waals surface area contributed by atoms with Crippen molar-refractivity contribution in [3.8, 4) is 6.07 Å². The number of anilines is 1. The monoisotopic (exact) mass is 303 g/mol. The van der Waals surface area contributed by atoms with E-state index in [0.717, 1.165) is 0 Å². The highest BCUT2D eigenvalue weighted by Gasteiger charge is 2.11. The van der Waals surface area contributed by atoms with Crippen LogP contribution in [0.2, 0.25) is 0 Å². The Balaban J connectivity index is 1.83. The smallest absolute Gasteiger partial charge is 0.240 e. The summed E-state index contributed by atoms with van der Waals surface area (Å²) >= 11 is 0. The maximum absolute atomic E-state index is 11.9. The van der Waals surface area contributed by atoms with Crippen molar-refractivity contribution in [3.05, 3.63) is 48.2 Å². The summed E-state index contributed by atoms with van der Waals surface area (Å²) in [6, 6.07) is 13.2. The molecule has 8 heteroatoms. The maximum Gasteiger partial charge on any atom is 0.240 e. The van der Waals surface area contributed by atoms with Crippen LogP contribution in [-0.2, 0) is 10.0 Å². The number of nitriles is 1. The minimum atomic E-state index is -3.49. The minimum absolute atomic E-state index is 0.207. The molecule has 0 amide bonds. The molecule has 2 aromatic rings.